The van der Waals surface area contributed by atoms with Crippen molar-refractivity contribution >= 4 is 12.0 Å². The number of aromatic nitrogens is 2. The molecule has 0 atom stereocenters. The van der Waals surface area contributed by atoms with Crippen LogP contribution in [0, 0.1) is 6.92 Å². The van der Waals surface area contributed by atoms with Gasteiger partial charge in [-0.15, -0.1) is 0 Å². The van der Waals surface area contributed by atoms with E-state index in [1.807, 2.05) is 37.3 Å². The predicted octanol–water partition coefficient (Wildman–Crippen LogP) is 3.32. The second-order valence-electron chi connectivity index (χ2n) is 6.42. The summed E-state index contributed by atoms with van der Waals surface area (Å²) >= 11 is 0. The number of nitrogens with zero attached hydrogens (tertiary/aromatic N) is 3. The van der Waals surface area contributed by atoms with E-state index in [9.17, 15) is 4.79 Å². The average molecular weight is 309 g/mol. The fourth-order valence-electron chi connectivity index (χ4n) is 2.70. The molecule has 4 heteroatoms. The molecule has 2 aromatic rings. The molecule has 0 saturated heterocycles. The van der Waals surface area contributed by atoms with Crippen molar-refractivity contribution < 1.29 is 4.79 Å². The molecule has 1 amide bonds. The smallest absolute Gasteiger partial charge is 0.250 e. The largest absolute Gasteiger partial charge is 0.332 e. The third kappa shape index (κ3) is 3.89. The second kappa shape index (κ2) is 6.41. The molecule has 1 aromatic carbocycles. The third-order valence-corrected chi connectivity index (χ3v) is 4.16. The summed E-state index contributed by atoms with van der Waals surface area (Å²) in [5, 5.41) is 4.19. The lowest BCUT2D eigenvalue weighted by atomic mass is 10.1. The van der Waals surface area contributed by atoms with Gasteiger partial charge in [-0.05, 0) is 38.3 Å². The summed E-state index contributed by atoms with van der Waals surface area (Å²) in [5.74, 6) is 0.122. The van der Waals surface area contributed by atoms with E-state index in [4.69, 9.17) is 0 Å². The van der Waals surface area contributed by atoms with Gasteiger partial charge in [-0.3, -0.25) is 9.48 Å². The molecule has 1 saturated carbocycles. The number of hydrogen-bond acceptors (Lipinski definition) is 2. The lowest BCUT2D eigenvalue weighted by molar-refractivity contribution is -0.128. The molecule has 1 aliphatic rings. The molecule has 0 unspecified atom stereocenters. The highest BCUT2D eigenvalue weighted by Crippen LogP contribution is 2.29. The average Bonchev–Trinajstić information content (AvgIpc) is 3.29. The minimum atomic E-state index is 0.122. The zero-order chi connectivity index (χ0) is 16.4. The Morgan fingerprint density at radius 3 is 2.61 bits per heavy atom. The SMILES string of the molecule is CC(=Cc1ccc(C)cc1)C(=O)N(Cc1cnn(C)c1)C1CC1. The zero-order valence-electron chi connectivity index (χ0n) is 14.0. The Labute approximate surface area is 137 Å². The Bertz CT molecular complexity index is 723. The van der Waals surface area contributed by atoms with Crippen molar-refractivity contribution in [3.63, 3.8) is 0 Å². The van der Waals surface area contributed by atoms with Crippen LogP contribution in [0.4, 0.5) is 0 Å². The first-order chi connectivity index (χ1) is 11.0. The van der Waals surface area contributed by atoms with Crippen LogP contribution >= 0.6 is 0 Å². The number of aryl methyl sites for hydroxylation is 2. The van der Waals surface area contributed by atoms with Crippen LogP contribution in [0.2, 0.25) is 0 Å². The highest BCUT2D eigenvalue weighted by molar-refractivity contribution is 5.97. The first-order valence-electron chi connectivity index (χ1n) is 8.06. The van der Waals surface area contributed by atoms with E-state index in [0.29, 0.717) is 12.6 Å². The molecule has 0 spiro atoms. The van der Waals surface area contributed by atoms with Crippen LogP contribution in [0.3, 0.4) is 0 Å². The van der Waals surface area contributed by atoms with Gasteiger partial charge in [-0.25, -0.2) is 0 Å². The Balaban J connectivity index is 1.76. The Kier molecular flexibility index (Phi) is 4.33. The van der Waals surface area contributed by atoms with Crippen molar-refractivity contribution in [2.24, 2.45) is 7.05 Å². The van der Waals surface area contributed by atoms with Crippen molar-refractivity contribution in [3.8, 4) is 0 Å². The molecule has 23 heavy (non-hydrogen) atoms. The quantitative estimate of drug-likeness (QED) is 0.795. The van der Waals surface area contributed by atoms with Gasteiger partial charge in [0.25, 0.3) is 0 Å². The zero-order valence-corrected chi connectivity index (χ0v) is 14.0. The summed E-state index contributed by atoms with van der Waals surface area (Å²) in [6.45, 7) is 4.60. The molecule has 3 rings (SSSR count). The number of carbonyl (C=O) groups is 1. The summed E-state index contributed by atoms with van der Waals surface area (Å²) in [6.07, 6.45) is 7.98. The van der Waals surface area contributed by atoms with Crippen LogP contribution in [0.25, 0.3) is 6.08 Å². The summed E-state index contributed by atoms with van der Waals surface area (Å²) in [6, 6.07) is 8.61. The standard InChI is InChI=1S/C19H23N3O/c1-14-4-6-16(7-5-14)10-15(2)19(23)22(18-8-9-18)13-17-11-20-21(3)12-17/h4-7,10-12,18H,8-9,13H2,1-3H3. The van der Waals surface area contributed by atoms with E-state index in [-0.39, 0.29) is 5.91 Å². The van der Waals surface area contributed by atoms with Gasteiger partial charge in [-0.1, -0.05) is 29.8 Å². The lowest BCUT2D eigenvalue weighted by Gasteiger charge is -2.22. The van der Waals surface area contributed by atoms with Crippen molar-refractivity contribution in [2.75, 3.05) is 0 Å². The summed E-state index contributed by atoms with van der Waals surface area (Å²) in [5.41, 5.74) is 4.15. The van der Waals surface area contributed by atoms with Crippen LogP contribution < -0.4 is 0 Å². The molecular formula is C19H23N3O. The second-order valence-corrected chi connectivity index (χ2v) is 6.42. The van der Waals surface area contributed by atoms with Crippen LogP contribution in [0.5, 0.6) is 0 Å². The van der Waals surface area contributed by atoms with Gasteiger partial charge in [0.1, 0.15) is 0 Å². The number of benzene rings is 1. The number of carbonyl (C=O) groups excluding carboxylic acids is 1. The Morgan fingerprint density at radius 2 is 2.04 bits per heavy atom. The minimum absolute atomic E-state index is 0.122. The minimum Gasteiger partial charge on any atom is -0.332 e. The summed E-state index contributed by atoms with van der Waals surface area (Å²) in [4.78, 5) is 14.8. The predicted molar refractivity (Wildman–Crippen MR) is 91.6 cm³/mol. The van der Waals surface area contributed by atoms with Crippen molar-refractivity contribution in [1.29, 1.82) is 0 Å². The van der Waals surface area contributed by atoms with E-state index in [1.54, 1.807) is 4.68 Å². The molecule has 0 radical (unpaired) electrons. The maximum Gasteiger partial charge on any atom is 0.250 e. The normalized spacial score (nSPS) is 14.8. The van der Waals surface area contributed by atoms with Crippen LogP contribution in [0.1, 0.15) is 36.5 Å². The van der Waals surface area contributed by atoms with E-state index < -0.39 is 0 Å². The Hall–Kier alpha value is -2.36. The number of amides is 1. The van der Waals surface area contributed by atoms with Crippen molar-refractivity contribution in [3.05, 3.63) is 58.9 Å². The maximum atomic E-state index is 12.8. The van der Waals surface area contributed by atoms with Crippen LogP contribution in [-0.2, 0) is 18.4 Å². The molecule has 1 aromatic heterocycles. The number of rotatable bonds is 5. The maximum absolute atomic E-state index is 12.8. The van der Waals surface area contributed by atoms with Gasteiger partial charge in [0.15, 0.2) is 0 Å². The van der Waals surface area contributed by atoms with Crippen LogP contribution in [-0.4, -0.2) is 26.6 Å². The topological polar surface area (TPSA) is 38.1 Å². The monoisotopic (exact) mass is 309 g/mol. The molecule has 1 fully saturated rings. The fourth-order valence-corrected chi connectivity index (χ4v) is 2.70. The van der Waals surface area contributed by atoms with E-state index in [1.165, 1.54) is 5.56 Å². The van der Waals surface area contributed by atoms with E-state index in [2.05, 4.69) is 36.3 Å². The molecular weight excluding hydrogens is 286 g/mol. The molecule has 1 heterocycles. The van der Waals surface area contributed by atoms with Gasteiger partial charge in [0.2, 0.25) is 5.91 Å². The summed E-state index contributed by atoms with van der Waals surface area (Å²) < 4.78 is 1.78. The van der Waals surface area contributed by atoms with E-state index >= 15 is 0 Å². The lowest BCUT2D eigenvalue weighted by Crippen LogP contribution is -2.33. The summed E-state index contributed by atoms with van der Waals surface area (Å²) in [7, 11) is 1.90. The van der Waals surface area contributed by atoms with Gasteiger partial charge < -0.3 is 4.90 Å². The molecule has 1 aliphatic carbocycles. The van der Waals surface area contributed by atoms with Crippen molar-refractivity contribution in [2.45, 2.75) is 39.3 Å². The fraction of sp³-hybridized carbons (Fsp3) is 0.368. The highest BCUT2D eigenvalue weighted by atomic mass is 16.2. The molecule has 0 aliphatic heterocycles. The Morgan fingerprint density at radius 1 is 1.35 bits per heavy atom. The van der Waals surface area contributed by atoms with Gasteiger partial charge in [-0.2, -0.15) is 5.10 Å². The number of hydrogen-bond donors (Lipinski definition) is 0. The highest BCUT2D eigenvalue weighted by Gasteiger charge is 2.33. The van der Waals surface area contributed by atoms with Gasteiger partial charge >= 0.3 is 0 Å². The van der Waals surface area contributed by atoms with Gasteiger partial charge in [0.05, 0.1) is 6.20 Å². The first-order valence-corrected chi connectivity index (χ1v) is 8.06. The van der Waals surface area contributed by atoms with Crippen molar-refractivity contribution in [1.82, 2.24) is 14.7 Å². The van der Waals surface area contributed by atoms with Crippen LogP contribution in [0.15, 0.2) is 42.2 Å². The third-order valence-electron chi connectivity index (χ3n) is 4.16. The molecule has 4 nitrogen and oxygen atoms in total. The first kappa shape index (κ1) is 15.5. The van der Waals surface area contributed by atoms with E-state index in [0.717, 1.165) is 29.5 Å². The molecule has 120 valence electrons. The molecule has 0 N–H and O–H groups in total. The van der Waals surface area contributed by atoms with Gasteiger partial charge in [0, 0.05) is 37.0 Å². The molecule has 0 bridgehead atoms.